The summed E-state index contributed by atoms with van der Waals surface area (Å²) in [6, 6.07) is 0. The Morgan fingerprint density at radius 1 is 0.750 bits per heavy atom. The van der Waals surface area contributed by atoms with Crippen LogP contribution in [-0.4, -0.2) is 23.1 Å². The van der Waals surface area contributed by atoms with Gasteiger partial charge in [0, 0.05) is 56.0 Å². The molecule has 0 amide bonds. The van der Waals surface area contributed by atoms with Gasteiger partial charge in [-0.2, -0.15) is 0 Å². The first kappa shape index (κ1) is 31.2. The van der Waals surface area contributed by atoms with Crippen LogP contribution < -0.4 is 0 Å². The van der Waals surface area contributed by atoms with Crippen molar-refractivity contribution < 1.29 is 56.0 Å². The second kappa shape index (κ2) is 17.7. The van der Waals surface area contributed by atoms with Gasteiger partial charge in [0.25, 0.3) is 0 Å². The van der Waals surface area contributed by atoms with E-state index in [0.29, 0.717) is 0 Å². The third-order valence-corrected chi connectivity index (χ3v) is 0. The fraction of sp³-hybridized carbons (Fsp3) is 0. The van der Waals surface area contributed by atoms with E-state index < -0.39 is 0 Å². The molecule has 0 aromatic heterocycles. The summed E-state index contributed by atoms with van der Waals surface area (Å²) in [7, 11) is 0. The minimum Gasteiger partial charge on any atom is 0 e. The van der Waals surface area contributed by atoms with Crippen molar-refractivity contribution in [3.8, 4) is 0 Å². The molecular formula is H2FeMgZn2. The Labute approximate surface area is 78.0 Å². The fourth-order valence-corrected chi connectivity index (χ4v) is 0. The maximum atomic E-state index is 0. The van der Waals surface area contributed by atoms with E-state index in [1.54, 1.807) is 0 Å². The number of hydrogen-bond acceptors (Lipinski definition) is 0. The molecule has 0 saturated heterocycles. The molecule has 0 aromatic carbocycles. The van der Waals surface area contributed by atoms with E-state index in [4.69, 9.17) is 0 Å². The smallest absolute Gasteiger partial charge is 0 e. The zero-order chi connectivity index (χ0) is 0. The molecule has 16 valence electrons. The molecule has 0 atom stereocenters. The monoisotopic (exact) mass is 210 g/mol. The van der Waals surface area contributed by atoms with Gasteiger partial charge in [-0.05, 0) is 0 Å². The molecule has 4 heteroatoms. The van der Waals surface area contributed by atoms with E-state index >= 15 is 0 Å². The molecule has 0 N–H and O–H groups in total. The average Bonchev–Trinajstić information content (AvgIpc) is 0. The first-order valence-electron chi connectivity index (χ1n) is 0. The fourth-order valence-electron chi connectivity index (χ4n) is 0. The third kappa shape index (κ3) is 8.82. The maximum absolute atomic E-state index is 0. The minimum absolute atomic E-state index is 0. The Morgan fingerprint density at radius 3 is 0.750 bits per heavy atom. The topological polar surface area (TPSA) is 0 Å². The summed E-state index contributed by atoms with van der Waals surface area (Å²) in [6.45, 7) is 0. The molecule has 0 aliphatic heterocycles. The summed E-state index contributed by atoms with van der Waals surface area (Å²) in [4.78, 5) is 0. The van der Waals surface area contributed by atoms with Gasteiger partial charge in [-0.1, -0.05) is 0 Å². The molecule has 4 heavy (non-hydrogen) atoms. The van der Waals surface area contributed by atoms with Gasteiger partial charge in [0.15, 0.2) is 0 Å². The van der Waals surface area contributed by atoms with Crippen LogP contribution in [0.5, 0.6) is 0 Å². The Balaban J connectivity index is 0. The van der Waals surface area contributed by atoms with Crippen molar-refractivity contribution >= 4 is 23.1 Å². The summed E-state index contributed by atoms with van der Waals surface area (Å²) in [5, 5.41) is 0. The summed E-state index contributed by atoms with van der Waals surface area (Å²) in [5.74, 6) is 0. The van der Waals surface area contributed by atoms with Crippen molar-refractivity contribution in [2.75, 3.05) is 0 Å². The van der Waals surface area contributed by atoms with Gasteiger partial charge in [-0.25, -0.2) is 0 Å². The summed E-state index contributed by atoms with van der Waals surface area (Å²) < 4.78 is 0. The Hall–Kier alpha value is 2.53. The van der Waals surface area contributed by atoms with Gasteiger partial charge in [-0.3, -0.25) is 0 Å². The zero-order valence-electron chi connectivity index (χ0n) is 1.77. The molecule has 0 spiro atoms. The van der Waals surface area contributed by atoms with Crippen LogP contribution in [0.2, 0.25) is 0 Å². The van der Waals surface area contributed by atoms with E-state index in [0.717, 1.165) is 0 Å². The number of hydrogen-bond donors (Lipinski definition) is 0. The van der Waals surface area contributed by atoms with Gasteiger partial charge < -0.3 is 0 Å². The molecule has 0 fully saturated rings. The predicted octanol–water partition coefficient (Wildman–Crippen LogP) is -0.924. The average molecular weight is 213 g/mol. The quantitative estimate of drug-likeness (QED) is 0.456. The predicted molar refractivity (Wildman–Crippen MR) is 8.54 cm³/mol. The Kier molecular flexibility index (Phi) is 138. The van der Waals surface area contributed by atoms with Gasteiger partial charge in [-0.15, -0.1) is 0 Å². The molecule has 0 saturated carbocycles. The van der Waals surface area contributed by atoms with Crippen LogP contribution in [0.25, 0.3) is 0 Å². The van der Waals surface area contributed by atoms with E-state index in [9.17, 15) is 0 Å². The van der Waals surface area contributed by atoms with Gasteiger partial charge in [0.2, 0.25) is 0 Å². The molecule has 0 bridgehead atoms. The van der Waals surface area contributed by atoms with E-state index in [1.807, 2.05) is 0 Å². The van der Waals surface area contributed by atoms with Crippen molar-refractivity contribution in [3.63, 3.8) is 0 Å². The standard InChI is InChI=1S/Fe.Mg.2Zn.2H. The molecule has 0 aliphatic rings. The van der Waals surface area contributed by atoms with Crippen LogP contribution in [0.3, 0.4) is 0 Å². The van der Waals surface area contributed by atoms with E-state index in [1.165, 1.54) is 0 Å². The van der Waals surface area contributed by atoms with E-state index in [-0.39, 0.29) is 79.1 Å². The van der Waals surface area contributed by atoms with Crippen molar-refractivity contribution in [1.82, 2.24) is 0 Å². The first-order valence-corrected chi connectivity index (χ1v) is 0. The molecule has 0 aliphatic carbocycles. The third-order valence-electron chi connectivity index (χ3n) is 0. The van der Waals surface area contributed by atoms with Crippen LogP contribution in [-0.2, 0) is 56.0 Å². The Bertz CT molecular complexity index is 6.00. The molecule has 0 rings (SSSR count). The summed E-state index contributed by atoms with van der Waals surface area (Å²) >= 11 is 0. The van der Waals surface area contributed by atoms with Crippen molar-refractivity contribution in [2.45, 2.75) is 0 Å². The molecule has 0 unspecified atom stereocenters. The second-order valence-electron chi connectivity index (χ2n) is 0. The molecule has 0 radical (unpaired) electrons. The molecule has 0 aromatic rings. The molecular weight excluding hydrogens is 211 g/mol. The van der Waals surface area contributed by atoms with Crippen molar-refractivity contribution in [2.24, 2.45) is 0 Å². The molecule has 0 heterocycles. The first-order chi connectivity index (χ1) is 0. The van der Waals surface area contributed by atoms with Gasteiger partial charge >= 0.3 is 23.1 Å². The minimum atomic E-state index is 0. The van der Waals surface area contributed by atoms with Crippen molar-refractivity contribution in [3.05, 3.63) is 0 Å². The largest absolute Gasteiger partial charge is 0.316 e. The SMILES string of the molecule is [Fe].[MgH2].[Zn].[Zn]. The van der Waals surface area contributed by atoms with Gasteiger partial charge in [0.1, 0.15) is 0 Å². The van der Waals surface area contributed by atoms with Crippen LogP contribution in [0.1, 0.15) is 0 Å². The van der Waals surface area contributed by atoms with Crippen LogP contribution in [0, 0.1) is 0 Å². The van der Waals surface area contributed by atoms with Crippen LogP contribution in [0.4, 0.5) is 0 Å². The summed E-state index contributed by atoms with van der Waals surface area (Å²) in [5.41, 5.74) is 0. The zero-order valence-corrected chi connectivity index (χ0v) is 8.81. The van der Waals surface area contributed by atoms with Crippen molar-refractivity contribution in [1.29, 1.82) is 0 Å². The molecule has 0 nitrogen and oxygen atoms in total. The van der Waals surface area contributed by atoms with E-state index in [2.05, 4.69) is 0 Å². The maximum Gasteiger partial charge on any atom is 0.316 e. The number of rotatable bonds is 0. The van der Waals surface area contributed by atoms with Crippen LogP contribution >= 0.6 is 0 Å². The second-order valence-corrected chi connectivity index (χ2v) is 0. The Morgan fingerprint density at radius 2 is 0.750 bits per heavy atom. The van der Waals surface area contributed by atoms with Crippen LogP contribution in [0.15, 0.2) is 0 Å². The summed E-state index contributed by atoms with van der Waals surface area (Å²) in [6.07, 6.45) is 0. The normalized spacial score (nSPS) is 0. The van der Waals surface area contributed by atoms with Gasteiger partial charge in [0.05, 0.1) is 0 Å².